The van der Waals surface area contributed by atoms with Crippen LogP contribution in [0.15, 0.2) is 58.5 Å². The van der Waals surface area contributed by atoms with Gasteiger partial charge in [0.2, 0.25) is 5.78 Å². The lowest BCUT2D eigenvalue weighted by molar-refractivity contribution is 0.935. The van der Waals surface area contributed by atoms with Crippen LogP contribution >= 0.6 is 23.1 Å². The summed E-state index contributed by atoms with van der Waals surface area (Å²) < 4.78 is 1.99. The Kier molecular flexibility index (Phi) is 4.41. The lowest BCUT2D eigenvalue weighted by atomic mass is 10.0. The fraction of sp³-hybridized carbons (Fsp3) is 0.130. The van der Waals surface area contributed by atoms with Crippen molar-refractivity contribution in [2.45, 2.75) is 24.8 Å². The molecule has 0 atom stereocenters. The van der Waals surface area contributed by atoms with Crippen LogP contribution in [0.3, 0.4) is 0 Å². The van der Waals surface area contributed by atoms with Crippen LogP contribution < -0.4 is 5.56 Å². The summed E-state index contributed by atoms with van der Waals surface area (Å²) in [5, 5.41) is 8.81. The zero-order valence-corrected chi connectivity index (χ0v) is 19.0. The SMILES string of the molecule is Cc1ccc(-c2c(C)sc3nc(CSc4n[nH]c5nc6ccccc6n45)[nH]c(=O)c23)cc1. The third-order valence-electron chi connectivity index (χ3n) is 5.47. The number of aromatic nitrogens is 6. The predicted octanol–water partition coefficient (Wildman–Crippen LogP) is 5.08. The Morgan fingerprint density at radius 2 is 1.88 bits per heavy atom. The molecule has 158 valence electrons. The van der Waals surface area contributed by atoms with Crippen molar-refractivity contribution < 1.29 is 0 Å². The molecule has 0 saturated heterocycles. The van der Waals surface area contributed by atoms with Crippen LogP contribution in [0.25, 0.3) is 38.2 Å². The van der Waals surface area contributed by atoms with Crippen molar-refractivity contribution in [1.29, 1.82) is 0 Å². The minimum Gasteiger partial charge on any atom is -0.309 e. The van der Waals surface area contributed by atoms with Gasteiger partial charge in [-0.1, -0.05) is 53.7 Å². The van der Waals surface area contributed by atoms with E-state index >= 15 is 0 Å². The summed E-state index contributed by atoms with van der Waals surface area (Å²) in [5.41, 5.74) is 5.00. The summed E-state index contributed by atoms with van der Waals surface area (Å²) in [6, 6.07) is 16.2. The number of imidazole rings is 1. The van der Waals surface area contributed by atoms with E-state index in [0.717, 1.165) is 37.0 Å². The van der Waals surface area contributed by atoms with Crippen LogP contribution in [-0.2, 0) is 5.75 Å². The minimum atomic E-state index is -0.106. The predicted molar refractivity (Wildman–Crippen MR) is 130 cm³/mol. The number of nitrogens with zero attached hydrogens (tertiary/aromatic N) is 4. The van der Waals surface area contributed by atoms with E-state index in [1.165, 1.54) is 17.3 Å². The van der Waals surface area contributed by atoms with Crippen molar-refractivity contribution in [1.82, 2.24) is 29.5 Å². The summed E-state index contributed by atoms with van der Waals surface area (Å²) in [6.07, 6.45) is 0. The molecule has 32 heavy (non-hydrogen) atoms. The molecule has 0 amide bonds. The Hall–Kier alpha value is -3.43. The molecular weight excluding hydrogens is 440 g/mol. The number of H-pyrrole nitrogens is 2. The van der Waals surface area contributed by atoms with Crippen LogP contribution in [0.5, 0.6) is 0 Å². The van der Waals surface area contributed by atoms with E-state index in [0.29, 0.717) is 22.7 Å². The number of aryl methyl sites for hydroxylation is 2. The molecule has 0 aliphatic heterocycles. The molecule has 0 aliphatic carbocycles. The average Bonchev–Trinajstić information content (AvgIpc) is 3.44. The number of fused-ring (bicyclic) bond motifs is 4. The summed E-state index contributed by atoms with van der Waals surface area (Å²) >= 11 is 3.07. The van der Waals surface area contributed by atoms with E-state index in [1.54, 1.807) is 11.3 Å². The lowest BCUT2D eigenvalue weighted by Crippen LogP contribution is -2.11. The van der Waals surface area contributed by atoms with E-state index in [9.17, 15) is 4.79 Å². The number of hydrogen-bond donors (Lipinski definition) is 2. The Bertz CT molecular complexity index is 1670. The van der Waals surface area contributed by atoms with Gasteiger partial charge in [-0.15, -0.1) is 16.4 Å². The van der Waals surface area contributed by atoms with Gasteiger partial charge < -0.3 is 4.98 Å². The highest BCUT2D eigenvalue weighted by Gasteiger charge is 2.18. The molecule has 0 unspecified atom stereocenters. The van der Waals surface area contributed by atoms with Crippen LogP contribution in [0.1, 0.15) is 16.3 Å². The molecule has 0 aliphatic rings. The summed E-state index contributed by atoms with van der Waals surface area (Å²) in [6.45, 7) is 4.10. The van der Waals surface area contributed by atoms with Crippen LogP contribution in [0.2, 0.25) is 0 Å². The van der Waals surface area contributed by atoms with Gasteiger partial charge in [0.25, 0.3) is 5.56 Å². The first-order valence-electron chi connectivity index (χ1n) is 10.1. The molecule has 9 heteroatoms. The first-order chi connectivity index (χ1) is 15.6. The number of thioether (sulfide) groups is 1. The highest BCUT2D eigenvalue weighted by Crippen LogP contribution is 2.36. The molecule has 6 rings (SSSR count). The molecule has 2 aromatic carbocycles. The maximum absolute atomic E-state index is 13.0. The second-order valence-electron chi connectivity index (χ2n) is 7.65. The number of rotatable bonds is 4. The van der Waals surface area contributed by atoms with E-state index < -0.39 is 0 Å². The zero-order chi connectivity index (χ0) is 21.8. The van der Waals surface area contributed by atoms with Gasteiger partial charge >= 0.3 is 0 Å². The largest absolute Gasteiger partial charge is 0.309 e. The number of hydrogen-bond acceptors (Lipinski definition) is 6. The quantitative estimate of drug-likeness (QED) is 0.359. The van der Waals surface area contributed by atoms with Crippen molar-refractivity contribution in [2.75, 3.05) is 0 Å². The van der Waals surface area contributed by atoms with Gasteiger partial charge in [-0.2, -0.15) is 0 Å². The molecular formula is C23H18N6OS2. The monoisotopic (exact) mass is 458 g/mol. The topological polar surface area (TPSA) is 91.7 Å². The van der Waals surface area contributed by atoms with Crippen molar-refractivity contribution in [3.63, 3.8) is 0 Å². The van der Waals surface area contributed by atoms with Gasteiger partial charge in [0.05, 0.1) is 22.2 Å². The summed E-state index contributed by atoms with van der Waals surface area (Å²) in [4.78, 5) is 27.2. The fourth-order valence-corrected chi connectivity index (χ4v) is 5.86. The molecule has 0 spiro atoms. The summed E-state index contributed by atoms with van der Waals surface area (Å²) in [5.74, 6) is 1.82. The highest BCUT2D eigenvalue weighted by atomic mass is 32.2. The maximum Gasteiger partial charge on any atom is 0.260 e. The van der Waals surface area contributed by atoms with Crippen molar-refractivity contribution in [2.24, 2.45) is 0 Å². The molecule has 4 heterocycles. The smallest absolute Gasteiger partial charge is 0.260 e. The molecule has 6 aromatic rings. The Balaban J connectivity index is 1.36. The highest BCUT2D eigenvalue weighted by molar-refractivity contribution is 7.98. The molecule has 0 saturated carbocycles. The van der Waals surface area contributed by atoms with E-state index in [4.69, 9.17) is 4.98 Å². The molecule has 0 bridgehead atoms. The van der Waals surface area contributed by atoms with E-state index in [1.807, 2.05) is 35.6 Å². The van der Waals surface area contributed by atoms with Gasteiger partial charge in [-0.05, 0) is 31.5 Å². The maximum atomic E-state index is 13.0. The average molecular weight is 459 g/mol. The first kappa shape index (κ1) is 19.3. The second-order valence-corrected chi connectivity index (χ2v) is 9.79. The Labute approximate surface area is 190 Å². The van der Waals surface area contributed by atoms with Gasteiger partial charge in [0.15, 0.2) is 5.16 Å². The zero-order valence-electron chi connectivity index (χ0n) is 17.3. The van der Waals surface area contributed by atoms with Crippen LogP contribution in [0, 0.1) is 13.8 Å². The second kappa shape index (κ2) is 7.32. The normalized spacial score (nSPS) is 11.8. The van der Waals surface area contributed by atoms with E-state index in [2.05, 4.69) is 51.4 Å². The number of para-hydroxylation sites is 2. The molecule has 0 radical (unpaired) electrons. The number of benzene rings is 2. The third-order valence-corrected chi connectivity index (χ3v) is 7.42. The Morgan fingerprint density at radius 3 is 2.72 bits per heavy atom. The Morgan fingerprint density at radius 1 is 1.06 bits per heavy atom. The third kappa shape index (κ3) is 3.04. The van der Waals surface area contributed by atoms with Crippen molar-refractivity contribution >= 4 is 50.1 Å². The van der Waals surface area contributed by atoms with Gasteiger partial charge in [-0.25, -0.2) is 15.1 Å². The number of aromatic amines is 2. The number of nitrogens with one attached hydrogen (secondary N) is 2. The molecule has 7 nitrogen and oxygen atoms in total. The van der Waals surface area contributed by atoms with Crippen molar-refractivity contribution in [3.05, 3.63) is 75.1 Å². The summed E-state index contributed by atoms with van der Waals surface area (Å²) in [7, 11) is 0. The van der Waals surface area contributed by atoms with Gasteiger partial charge in [0.1, 0.15) is 10.7 Å². The van der Waals surface area contributed by atoms with Gasteiger partial charge in [0, 0.05) is 10.4 Å². The molecule has 2 N–H and O–H groups in total. The van der Waals surface area contributed by atoms with Crippen LogP contribution in [0.4, 0.5) is 0 Å². The lowest BCUT2D eigenvalue weighted by Gasteiger charge is -2.03. The minimum absolute atomic E-state index is 0.106. The number of thiophene rings is 1. The molecule has 4 aromatic heterocycles. The molecule has 0 fully saturated rings. The van der Waals surface area contributed by atoms with Crippen LogP contribution in [-0.4, -0.2) is 29.5 Å². The van der Waals surface area contributed by atoms with Gasteiger partial charge in [-0.3, -0.25) is 9.20 Å². The first-order valence-corrected chi connectivity index (χ1v) is 11.9. The van der Waals surface area contributed by atoms with E-state index in [-0.39, 0.29) is 5.56 Å². The fourth-order valence-electron chi connectivity index (χ4n) is 3.97. The van der Waals surface area contributed by atoms with Crippen molar-refractivity contribution in [3.8, 4) is 11.1 Å². The standard InChI is InChI=1S/C23H18N6OS2/c1-12-7-9-14(10-8-12)18-13(2)32-21-19(18)20(30)25-17(26-21)11-31-23-28-27-22-24-15-5-3-4-6-16(15)29(22)23/h3-10H,11H2,1-2H3,(H,24,27)(H,25,26,30).